The molecule has 2 unspecified atom stereocenters. The highest BCUT2D eigenvalue weighted by Gasteiger charge is 2.40. The Kier molecular flexibility index (Phi) is 6.06. The van der Waals surface area contributed by atoms with Gasteiger partial charge < -0.3 is 4.90 Å². The number of rotatable bonds is 4. The highest BCUT2D eigenvalue weighted by atomic mass is 19.2. The number of halogens is 3. The molecule has 0 spiro atoms. The van der Waals surface area contributed by atoms with Crippen LogP contribution in [0.2, 0.25) is 0 Å². The Hall–Kier alpha value is -3.69. The molecule has 5 rings (SSSR count). The van der Waals surface area contributed by atoms with Crippen LogP contribution >= 0.6 is 0 Å². The molecule has 1 aliphatic rings. The molecule has 4 aromatic rings. The van der Waals surface area contributed by atoms with Crippen molar-refractivity contribution < 1.29 is 18.0 Å². The van der Waals surface area contributed by atoms with Crippen molar-refractivity contribution in [1.29, 1.82) is 0 Å². The van der Waals surface area contributed by atoms with Gasteiger partial charge in [-0.3, -0.25) is 19.4 Å². The van der Waals surface area contributed by atoms with Gasteiger partial charge in [0, 0.05) is 41.6 Å². The summed E-state index contributed by atoms with van der Waals surface area (Å²) in [5, 5.41) is 4.66. The standard InChI is InChI=1S/C26H23BF3N5O/c1-4-15-11-16-24(33-34(3)25(16)14-8-17(28)23(30)18(29)9-14)21(5-2)35(15)26(36)13-6-7-19-20(10-13)31-12-22(27)32-19/h6-10,12,15,21H,4-5,11H2,1-3H3. The van der Waals surface area contributed by atoms with E-state index in [1.807, 2.05) is 18.7 Å². The van der Waals surface area contributed by atoms with Crippen LogP contribution in [0.25, 0.3) is 22.3 Å². The van der Waals surface area contributed by atoms with E-state index >= 15 is 0 Å². The lowest BCUT2D eigenvalue weighted by molar-refractivity contribution is 0.0513. The Morgan fingerprint density at radius 2 is 1.81 bits per heavy atom. The quantitative estimate of drug-likeness (QED) is 0.319. The van der Waals surface area contributed by atoms with E-state index in [0.717, 1.165) is 17.7 Å². The molecular weight excluding hydrogens is 466 g/mol. The molecule has 1 amide bonds. The Labute approximate surface area is 207 Å². The van der Waals surface area contributed by atoms with Crippen LogP contribution < -0.4 is 5.59 Å². The molecule has 10 heteroatoms. The van der Waals surface area contributed by atoms with Gasteiger partial charge in [0.2, 0.25) is 0 Å². The zero-order valence-corrected chi connectivity index (χ0v) is 20.1. The minimum absolute atomic E-state index is 0.161. The molecule has 2 atom stereocenters. The summed E-state index contributed by atoms with van der Waals surface area (Å²) >= 11 is 0. The van der Waals surface area contributed by atoms with Crippen molar-refractivity contribution in [2.24, 2.45) is 7.05 Å². The van der Waals surface area contributed by atoms with E-state index in [-0.39, 0.29) is 23.6 Å². The number of fused-ring (bicyclic) bond motifs is 2. The highest BCUT2D eigenvalue weighted by Crippen LogP contribution is 2.41. The van der Waals surface area contributed by atoms with Gasteiger partial charge in [-0.05, 0) is 49.6 Å². The van der Waals surface area contributed by atoms with Gasteiger partial charge in [-0.25, -0.2) is 13.2 Å². The lowest BCUT2D eigenvalue weighted by atomic mass is 9.87. The fourth-order valence-corrected chi connectivity index (χ4v) is 5.18. The molecule has 182 valence electrons. The molecule has 2 aromatic carbocycles. The van der Waals surface area contributed by atoms with Crippen LogP contribution in [0.3, 0.4) is 0 Å². The minimum Gasteiger partial charge on any atom is -0.327 e. The third-order valence-corrected chi connectivity index (χ3v) is 6.82. The lowest BCUT2D eigenvalue weighted by Crippen LogP contribution is -2.47. The second-order valence-electron chi connectivity index (χ2n) is 8.99. The topological polar surface area (TPSA) is 63.9 Å². The molecule has 0 aliphatic carbocycles. The fraction of sp³-hybridized carbons (Fsp3) is 0.308. The van der Waals surface area contributed by atoms with Crippen LogP contribution in [-0.4, -0.2) is 44.4 Å². The summed E-state index contributed by atoms with van der Waals surface area (Å²) in [6.45, 7) is 3.96. The van der Waals surface area contributed by atoms with E-state index in [9.17, 15) is 18.0 Å². The lowest BCUT2D eigenvalue weighted by Gasteiger charge is -2.41. The number of hydrogen-bond acceptors (Lipinski definition) is 4. The SMILES string of the molecule is [B]c1cnc2cc(C(=O)N3C(CC)Cc4c(nn(C)c4-c4cc(F)c(F)c(F)c4)C3CC)ccc2n1. The monoisotopic (exact) mass is 489 g/mol. The number of amides is 1. The molecule has 0 fully saturated rings. The van der Waals surface area contributed by atoms with E-state index in [0.29, 0.717) is 52.8 Å². The average Bonchev–Trinajstić information content (AvgIpc) is 3.20. The first-order chi connectivity index (χ1) is 17.2. The second-order valence-corrected chi connectivity index (χ2v) is 8.99. The maximum atomic E-state index is 14.1. The first-order valence-electron chi connectivity index (χ1n) is 11.8. The van der Waals surface area contributed by atoms with Gasteiger partial charge in [-0.15, -0.1) is 0 Å². The van der Waals surface area contributed by atoms with Gasteiger partial charge >= 0.3 is 0 Å². The maximum Gasteiger partial charge on any atom is 0.254 e. The molecule has 0 bridgehead atoms. The number of aromatic nitrogens is 4. The number of benzene rings is 2. The number of carbonyl (C=O) groups is 1. The van der Waals surface area contributed by atoms with Crippen LogP contribution in [0.15, 0.2) is 36.5 Å². The fourth-order valence-electron chi connectivity index (χ4n) is 5.18. The molecule has 0 saturated heterocycles. The van der Waals surface area contributed by atoms with Gasteiger partial charge in [-0.2, -0.15) is 5.10 Å². The third kappa shape index (κ3) is 3.84. The number of nitrogens with zero attached hydrogens (tertiary/aromatic N) is 5. The van der Waals surface area contributed by atoms with E-state index in [1.54, 1.807) is 29.9 Å². The Morgan fingerprint density at radius 3 is 2.47 bits per heavy atom. The van der Waals surface area contributed by atoms with Crippen molar-refractivity contribution in [2.45, 2.75) is 45.2 Å². The van der Waals surface area contributed by atoms with Crippen LogP contribution in [0.4, 0.5) is 13.2 Å². The van der Waals surface area contributed by atoms with Crippen LogP contribution in [0.5, 0.6) is 0 Å². The van der Waals surface area contributed by atoms with Gasteiger partial charge in [0.15, 0.2) is 17.5 Å². The molecule has 1 aliphatic heterocycles. The molecule has 0 N–H and O–H groups in total. The number of carbonyl (C=O) groups excluding carboxylic acids is 1. The summed E-state index contributed by atoms with van der Waals surface area (Å²) in [6.07, 6.45) is 3.14. The summed E-state index contributed by atoms with van der Waals surface area (Å²) in [5.41, 5.74) is 4.14. The molecule has 3 heterocycles. The van der Waals surface area contributed by atoms with Crippen molar-refractivity contribution in [3.8, 4) is 11.3 Å². The van der Waals surface area contributed by atoms with Crippen molar-refractivity contribution in [2.75, 3.05) is 0 Å². The van der Waals surface area contributed by atoms with E-state index in [2.05, 4.69) is 15.1 Å². The third-order valence-electron chi connectivity index (χ3n) is 6.82. The summed E-state index contributed by atoms with van der Waals surface area (Å²) in [5.74, 6) is -4.18. The van der Waals surface area contributed by atoms with Gasteiger partial charge in [-0.1, -0.05) is 13.8 Å². The van der Waals surface area contributed by atoms with Gasteiger partial charge in [0.25, 0.3) is 5.91 Å². The van der Waals surface area contributed by atoms with Crippen LogP contribution in [0.1, 0.15) is 54.3 Å². The van der Waals surface area contributed by atoms with Crippen molar-refractivity contribution in [3.05, 3.63) is 70.8 Å². The predicted octanol–water partition coefficient (Wildman–Crippen LogP) is 4.17. The molecule has 2 radical (unpaired) electrons. The average molecular weight is 489 g/mol. The molecule has 2 aromatic heterocycles. The molecule has 36 heavy (non-hydrogen) atoms. The maximum absolute atomic E-state index is 14.1. The molecule has 6 nitrogen and oxygen atoms in total. The highest BCUT2D eigenvalue weighted by molar-refractivity contribution is 6.30. The Balaban J connectivity index is 1.59. The summed E-state index contributed by atoms with van der Waals surface area (Å²) in [7, 11) is 7.40. The zero-order chi connectivity index (χ0) is 25.7. The van der Waals surface area contributed by atoms with Gasteiger partial charge in [0.05, 0.1) is 28.5 Å². The minimum atomic E-state index is -1.51. The van der Waals surface area contributed by atoms with Gasteiger partial charge in [0.1, 0.15) is 7.85 Å². The van der Waals surface area contributed by atoms with E-state index in [4.69, 9.17) is 7.85 Å². The zero-order valence-electron chi connectivity index (χ0n) is 20.1. The summed E-state index contributed by atoms with van der Waals surface area (Å²) in [4.78, 5) is 24.2. The molecular formula is C26H23BF3N5O. The smallest absolute Gasteiger partial charge is 0.254 e. The Bertz CT molecular complexity index is 1480. The number of hydrogen-bond donors (Lipinski definition) is 0. The second kappa shape index (κ2) is 9.07. The van der Waals surface area contributed by atoms with Crippen LogP contribution in [0, 0.1) is 17.5 Å². The van der Waals surface area contributed by atoms with Crippen molar-refractivity contribution >= 4 is 30.4 Å². The first kappa shape index (κ1) is 24.0. The summed E-state index contributed by atoms with van der Waals surface area (Å²) in [6, 6.07) is 6.57. The predicted molar refractivity (Wildman–Crippen MR) is 130 cm³/mol. The summed E-state index contributed by atoms with van der Waals surface area (Å²) < 4.78 is 43.3. The van der Waals surface area contributed by atoms with Crippen molar-refractivity contribution in [3.63, 3.8) is 0 Å². The largest absolute Gasteiger partial charge is 0.327 e. The van der Waals surface area contributed by atoms with Crippen LogP contribution in [-0.2, 0) is 13.5 Å². The first-order valence-corrected chi connectivity index (χ1v) is 11.8. The Morgan fingerprint density at radius 1 is 1.08 bits per heavy atom. The van der Waals surface area contributed by atoms with E-state index in [1.165, 1.54) is 6.20 Å². The van der Waals surface area contributed by atoms with E-state index < -0.39 is 17.5 Å². The normalized spacial score (nSPS) is 17.4. The number of aryl methyl sites for hydroxylation is 1. The molecule has 0 saturated carbocycles. The van der Waals surface area contributed by atoms with Crippen molar-refractivity contribution in [1.82, 2.24) is 24.6 Å².